The molecule has 0 spiro atoms. The van der Waals surface area contributed by atoms with Gasteiger partial charge in [-0.25, -0.2) is 9.97 Å². The van der Waals surface area contributed by atoms with Gasteiger partial charge >= 0.3 is 0 Å². The van der Waals surface area contributed by atoms with Gasteiger partial charge in [-0.2, -0.15) is 4.98 Å². The highest BCUT2D eigenvalue weighted by molar-refractivity contribution is 5.87. The lowest BCUT2D eigenvalue weighted by molar-refractivity contribution is -0.127. The molecule has 2 aromatic heterocycles. The van der Waals surface area contributed by atoms with Crippen molar-refractivity contribution in [3.63, 3.8) is 0 Å². The number of hydrogen-bond acceptors (Lipinski definition) is 9. The van der Waals surface area contributed by atoms with Crippen LogP contribution < -0.4 is 20.5 Å². The number of anilines is 3. The Morgan fingerprint density at radius 2 is 1.86 bits per heavy atom. The molecule has 1 amide bonds. The molecule has 43 heavy (non-hydrogen) atoms. The molecule has 2 aromatic carbocycles. The molecule has 0 radical (unpaired) electrons. The minimum Gasteiger partial charge on any atom is -0.494 e. The maximum Gasteiger partial charge on any atom is 0.279 e. The van der Waals surface area contributed by atoms with Crippen LogP contribution >= 0.6 is 0 Å². The van der Waals surface area contributed by atoms with E-state index in [2.05, 4.69) is 39.8 Å². The first-order valence-electron chi connectivity index (χ1n) is 14.6. The first-order valence-corrected chi connectivity index (χ1v) is 14.6. The predicted molar refractivity (Wildman–Crippen MR) is 168 cm³/mol. The van der Waals surface area contributed by atoms with Gasteiger partial charge in [0.25, 0.3) is 5.56 Å². The number of fused-ring (bicyclic) bond motifs is 1. The van der Waals surface area contributed by atoms with E-state index in [1.54, 1.807) is 22.8 Å². The fourth-order valence-electron chi connectivity index (χ4n) is 5.84. The van der Waals surface area contributed by atoms with E-state index in [4.69, 9.17) is 14.7 Å². The molecule has 4 heterocycles. The molecular weight excluding hydrogens is 544 g/mol. The molecule has 11 nitrogen and oxygen atoms in total. The minimum atomic E-state index is -0.279. The lowest BCUT2D eigenvalue weighted by Gasteiger charge is -2.34. The number of amides is 1. The summed E-state index contributed by atoms with van der Waals surface area (Å²) in [6.07, 6.45) is 4.43. The number of benzene rings is 2. The number of aromatic nitrogens is 4. The number of ether oxygens (including phenoxy) is 1. The average Bonchev–Trinajstić information content (AvgIpc) is 3.05. The number of nitrogens with zero attached hydrogens (tertiary/aromatic N) is 7. The van der Waals surface area contributed by atoms with Gasteiger partial charge < -0.3 is 24.8 Å². The summed E-state index contributed by atoms with van der Waals surface area (Å²) in [6, 6.07) is 15.1. The summed E-state index contributed by atoms with van der Waals surface area (Å²) in [5.74, 6) is 0.833. The van der Waals surface area contributed by atoms with Crippen molar-refractivity contribution in [2.75, 3.05) is 63.6 Å². The SMILES string of the molecule is C=CC(=O)N1CCCC(n2c(=O)c(-c3ccccc3)nc3cnc(Nc4ccc(N5CCN(C)CC5)cc4OC)nc32)C1. The Labute approximate surface area is 250 Å². The normalized spacial score (nSPS) is 17.6. The number of methoxy groups -OCH3 is 1. The van der Waals surface area contributed by atoms with Crippen LogP contribution in [0.25, 0.3) is 22.4 Å². The number of likely N-dealkylation sites (tertiary alicyclic amines) is 1. The first-order chi connectivity index (χ1) is 20.9. The van der Waals surface area contributed by atoms with Gasteiger partial charge in [0.1, 0.15) is 17.0 Å². The number of hydrogen-bond donors (Lipinski definition) is 1. The molecule has 1 N–H and O–H groups in total. The van der Waals surface area contributed by atoms with Crippen LogP contribution in [0.4, 0.5) is 17.3 Å². The summed E-state index contributed by atoms with van der Waals surface area (Å²) in [5.41, 5.74) is 3.49. The van der Waals surface area contributed by atoms with E-state index in [0.717, 1.165) is 44.7 Å². The highest BCUT2D eigenvalue weighted by Crippen LogP contribution is 2.32. The molecule has 2 fully saturated rings. The van der Waals surface area contributed by atoms with Crippen molar-refractivity contribution in [3.05, 3.63) is 77.7 Å². The van der Waals surface area contributed by atoms with Gasteiger partial charge in [0.2, 0.25) is 11.9 Å². The van der Waals surface area contributed by atoms with Gasteiger partial charge in [0.05, 0.1) is 25.0 Å². The minimum absolute atomic E-state index is 0.150. The third kappa shape index (κ3) is 5.80. The van der Waals surface area contributed by atoms with E-state index >= 15 is 0 Å². The van der Waals surface area contributed by atoms with Gasteiger partial charge in [-0.3, -0.25) is 14.2 Å². The molecule has 4 aromatic rings. The van der Waals surface area contributed by atoms with Crippen LogP contribution in [0.2, 0.25) is 0 Å². The zero-order chi connectivity index (χ0) is 29.9. The van der Waals surface area contributed by atoms with Crippen LogP contribution in [-0.2, 0) is 4.79 Å². The standard InChI is InChI=1S/C32H36N8O3/c1-4-28(41)39-14-8-11-24(21-39)40-30-26(34-29(31(40)42)22-9-6-5-7-10-22)20-33-32(36-30)35-25-13-12-23(19-27(25)43-3)38-17-15-37(2)16-18-38/h4-7,9-10,12-13,19-20,24H,1,8,11,14-18,21H2,2-3H3,(H,33,35,36). The predicted octanol–water partition coefficient (Wildman–Crippen LogP) is 3.71. The number of rotatable bonds is 7. The first kappa shape index (κ1) is 28.4. The van der Waals surface area contributed by atoms with Crippen molar-refractivity contribution < 1.29 is 9.53 Å². The summed E-state index contributed by atoms with van der Waals surface area (Å²) in [5, 5.41) is 3.29. The number of nitrogens with one attached hydrogen (secondary N) is 1. The summed E-state index contributed by atoms with van der Waals surface area (Å²) < 4.78 is 7.43. The van der Waals surface area contributed by atoms with Gasteiger partial charge in [0.15, 0.2) is 5.65 Å². The van der Waals surface area contributed by atoms with Crippen LogP contribution in [0.5, 0.6) is 5.75 Å². The zero-order valence-electron chi connectivity index (χ0n) is 24.6. The van der Waals surface area contributed by atoms with Crippen molar-refractivity contribution in [3.8, 4) is 17.0 Å². The Morgan fingerprint density at radius 3 is 2.60 bits per heavy atom. The van der Waals surface area contributed by atoms with E-state index in [-0.39, 0.29) is 17.5 Å². The quantitative estimate of drug-likeness (QED) is 0.327. The lowest BCUT2D eigenvalue weighted by atomic mass is 10.0. The zero-order valence-corrected chi connectivity index (χ0v) is 24.6. The molecule has 11 heteroatoms. The van der Waals surface area contributed by atoms with Crippen molar-refractivity contribution in [1.29, 1.82) is 0 Å². The number of piperidine rings is 1. The van der Waals surface area contributed by atoms with E-state index in [9.17, 15) is 9.59 Å². The van der Waals surface area contributed by atoms with E-state index in [0.29, 0.717) is 52.9 Å². The second-order valence-electron chi connectivity index (χ2n) is 11.0. The fraction of sp³-hybridized carbons (Fsp3) is 0.344. The Morgan fingerprint density at radius 1 is 1.07 bits per heavy atom. The van der Waals surface area contributed by atoms with Crippen molar-refractivity contribution >= 4 is 34.4 Å². The summed E-state index contributed by atoms with van der Waals surface area (Å²) >= 11 is 0. The molecule has 2 aliphatic heterocycles. The Hall–Kier alpha value is -4.77. The van der Waals surface area contributed by atoms with Gasteiger partial charge in [-0.05, 0) is 38.1 Å². The largest absolute Gasteiger partial charge is 0.494 e. The van der Waals surface area contributed by atoms with Crippen molar-refractivity contribution in [1.82, 2.24) is 29.3 Å². The second-order valence-corrected chi connectivity index (χ2v) is 11.0. The molecular formula is C32H36N8O3. The number of carbonyl (C=O) groups excluding carboxylic acids is 1. The second kappa shape index (κ2) is 12.2. The molecule has 2 aliphatic rings. The van der Waals surface area contributed by atoms with Crippen LogP contribution in [0.1, 0.15) is 18.9 Å². The number of likely N-dealkylation sites (N-methyl/N-ethyl adjacent to an activating group) is 1. The molecule has 0 aliphatic carbocycles. The van der Waals surface area contributed by atoms with Crippen LogP contribution in [0, 0.1) is 0 Å². The summed E-state index contributed by atoms with van der Waals surface area (Å²) in [6.45, 7) is 8.57. The molecule has 0 bridgehead atoms. The Bertz CT molecular complexity index is 1700. The Kier molecular flexibility index (Phi) is 8.06. The highest BCUT2D eigenvalue weighted by atomic mass is 16.5. The smallest absolute Gasteiger partial charge is 0.279 e. The van der Waals surface area contributed by atoms with E-state index in [1.165, 1.54) is 6.08 Å². The van der Waals surface area contributed by atoms with E-state index in [1.807, 2.05) is 42.5 Å². The third-order valence-electron chi connectivity index (χ3n) is 8.23. The van der Waals surface area contributed by atoms with Gasteiger partial charge in [0, 0.05) is 56.6 Å². The van der Waals surface area contributed by atoms with Crippen molar-refractivity contribution in [2.45, 2.75) is 18.9 Å². The van der Waals surface area contributed by atoms with E-state index < -0.39 is 0 Å². The molecule has 0 saturated carbocycles. The molecule has 6 rings (SSSR count). The van der Waals surface area contributed by atoms with Crippen LogP contribution in [0.3, 0.4) is 0 Å². The summed E-state index contributed by atoms with van der Waals surface area (Å²) in [4.78, 5) is 47.0. The molecule has 222 valence electrons. The molecule has 2 saturated heterocycles. The maximum absolute atomic E-state index is 14.1. The van der Waals surface area contributed by atoms with Crippen molar-refractivity contribution in [2.24, 2.45) is 0 Å². The Balaban J connectivity index is 1.39. The maximum atomic E-state index is 14.1. The number of piperazine rings is 1. The topological polar surface area (TPSA) is 109 Å². The average molecular weight is 581 g/mol. The third-order valence-corrected chi connectivity index (χ3v) is 8.23. The molecule has 1 unspecified atom stereocenters. The highest BCUT2D eigenvalue weighted by Gasteiger charge is 2.28. The van der Waals surface area contributed by atoms with Gasteiger partial charge in [-0.15, -0.1) is 0 Å². The number of carbonyl (C=O) groups is 1. The molecule has 1 atom stereocenters. The van der Waals surface area contributed by atoms with Gasteiger partial charge in [-0.1, -0.05) is 36.9 Å². The van der Waals surface area contributed by atoms with Crippen LogP contribution in [-0.4, -0.2) is 88.7 Å². The van der Waals surface area contributed by atoms with Crippen LogP contribution in [0.15, 0.2) is 72.2 Å². The fourth-order valence-corrected chi connectivity index (χ4v) is 5.84. The lowest BCUT2D eigenvalue weighted by Crippen LogP contribution is -2.44. The monoisotopic (exact) mass is 580 g/mol. The summed E-state index contributed by atoms with van der Waals surface area (Å²) in [7, 11) is 3.78.